The van der Waals surface area contributed by atoms with Gasteiger partial charge in [-0.2, -0.15) is 0 Å². The van der Waals surface area contributed by atoms with E-state index in [1.54, 1.807) is 54.3 Å². The van der Waals surface area contributed by atoms with Crippen LogP contribution in [0, 0.1) is 24.7 Å². The first kappa shape index (κ1) is 24.7. The first-order valence-corrected chi connectivity index (χ1v) is 12.7. The molecule has 3 atom stereocenters. The maximum atomic E-state index is 13.1. The summed E-state index contributed by atoms with van der Waals surface area (Å²) in [4.78, 5) is 54.4. The van der Waals surface area contributed by atoms with Gasteiger partial charge in [0.05, 0.1) is 30.0 Å². The van der Waals surface area contributed by atoms with Gasteiger partial charge in [0.1, 0.15) is 11.5 Å². The Bertz CT molecular complexity index is 1300. The van der Waals surface area contributed by atoms with E-state index < -0.39 is 11.9 Å². The van der Waals surface area contributed by atoms with Crippen molar-refractivity contribution in [3.8, 4) is 11.5 Å². The summed E-state index contributed by atoms with van der Waals surface area (Å²) in [6.07, 6.45) is 3.29. The van der Waals surface area contributed by atoms with Gasteiger partial charge in [-0.05, 0) is 81.6 Å². The number of nitrogens with zero attached hydrogens (tertiary/aromatic N) is 2. The number of carbonyl (C=O) groups is 4. The summed E-state index contributed by atoms with van der Waals surface area (Å²) in [7, 11) is 0. The number of rotatable bonds is 6. The van der Waals surface area contributed by atoms with Crippen LogP contribution in [0.5, 0.6) is 11.5 Å². The van der Waals surface area contributed by atoms with Crippen LogP contribution in [0.2, 0.25) is 0 Å². The first-order valence-electron chi connectivity index (χ1n) is 12.7. The summed E-state index contributed by atoms with van der Waals surface area (Å²) in [6, 6.07) is 12.1. The summed E-state index contributed by atoms with van der Waals surface area (Å²) in [5.41, 5.74) is 3.01. The number of carbonyl (C=O) groups excluding carboxylic acids is 4. The molecule has 2 aliphatic heterocycles. The molecular weight excluding hydrogens is 472 g/mol. The maximum absolute atomic E-state index is 13.1. The molecule has 2 heterocycles. The fourth-order valence-corrected chi connectivity index (χ4v) is 5.42. The van der Waals surface area contributed by atoms with Gasteiger partial charge < -0.3 is 14.4 Å². The van der Waals surface area contributed by atoms with Crippen molar-refractivity contribution in [3.63, 3.8) is 0 Å². The third-order valence-electron chi connectivity index (χ3n) is 7.37. The summed E-state index contributed by atoms with van der Waals surface area (Å²) < 4.78 is 11.1. The summed E-state index contributed by atoms with van der Waals surface area (Å²) in [5.74, 6) is -1.18. The minimum absolute atomic E-state index is 0.0656. The normalized spacial score (nSPS) is 23.3. The molecule has 5 rings (SSSR count). The maximum Gasteiger partial charge on any atom is 0.316 e. The van der Waals surface area contributed by atoms with Crippen molar-refractivity contribution < 1.29 is 28.7 Å². The number of imide groups is 1. The number of ether oxygens (including phenoxy) is 2. The lowest BCUT2D eigenvalue weighted by molar-refractivity contribution is -0.139. The molecule has 0 N–H and O–H groups in total. The first-order chi connectivity index (χ1) is 17.8. The van der Waals surface area contributed by atoms with Crippen LogP contribution < -0.4 is 19.3 Å². The van der Waals surface area contributed by atoms with Crippen molar-refractivity contribution >= 4 is 35.1 Å². The summed E-state index contributed by atoms with van der Waals surface area (Å²) in [6.45, 7) is 6.46. The molecule has 0 unspecified atom stereocenters. The smallest absolute Gasteiger partial charge is 0.316 e. The molecule has 3 aliphatic rings. The Hall–Kier alpha value is -3.94. The van der Waals surface area contributed by atoms with E-state index in [2.05, 4.69) is 0 Å². The number of anilines is 2. The average Bonchev–Trinajstić information content (AvgIpc) is 3.37. The van der Waals surface area contributed by atoms with Gasteiger partial charge in [0, 0.05) is 18.7 Å². The second-order valence-electron chi connectivity index (χ2n) is 9.92. The molecule has 2 aromatic carbocycles. The molecule has 2 fully saturated rings. The second kappa shape index (κ2) is 9.84. The highest BCUT2D eigenvalue weighted by Crippen LogP contribution is 2.41. The Morgan fingerprint density at radius 3 is 2.35 bits per heavy atom. The number of esters is 1. The minimum Gasteiger partial charge on any atom is -0.494 e. The quantitative estimate of drug-likeness (QED) is 0.254. The van der Waals surface area contributed by atoms with Crippen LogP contribution in [0.25, 0.3) is 0 Å². The van der Waals surface area contributed by atoms with E-state index in [-0.39, 0.29) is 42.5 Å². The second-order valence-corrected chi connectivity index (χ2v) is 9.92. The molecule has 0 spiro atoms. The molecule has 8 heteroatoms. The molecule has 37 heavy (non-hydrogen) atoms. The van der Waals surface area contributed by atoms with Gasteiger partial charge in [-0.1, -0.05) is 11.6 Å². The number of allylic oxidation sites excluding steroid dienone is 2. The predicted octanol–water partition coefficient (Wildman–Crippen LogP) is 4.20. The lowest BCUT2D eigenvalue weighted by Gasteiger charge is -2.19. The fourth-order valence-electron chi connectivity index (χ4n) is 5.42. The van der Waals surface area contributed by atoms with Gasteiger partial charge in [-0.25, -0.2) is 4.90 Å². The number of aryl methyl sites for hydroxylation is 1. The van der Waals surface area contributed by atoms with Crippen molar-refractivity contribution in [1.29, 1.82) is 0 Å². The number of amides is 3. The van der Waals surface area contributed by atoms with E-state index in [1.807, 2.05) is 19.9 Å². The molecule has 8 nitrogen and oxygen atoms in total. The Morgan fingerprint density at radius 1 is 0.946 bits per heavy atom. The van der Waals surface area contributed by atoms with Crippen LogP contribution in [-0.2, 0) is 19.2 Å². The molecule has 2 saturated heterocycles. The molecule has 2 aromatic rings. The SMILES string of the molecule is CCOc1ccc(N2C[C@H](C(=O)Oc3ccc(N4C(=O)[C@H]5CC=C(C)C[C@H]5C4=O)c(C)c3)CC2=O)cc1. The Kier molecular flexibility index (Phi) is 6.58. The van der Waals surface area contributed by atoms with Crippen LogP contribution in [0.15, 0.2) is 54.1 Å². The number of benzene rings is 2. The van der Waals surface area contributed by atoms with Crippen molar-refractivity contribution in [1.82, 2.24) is 0 Å². The van der Waals surface area contributed by atoms with Crippen molar-refractivity contribution in [2.75, 3.05) is 23.0 Å². The largest absolute Gasteiger partial charge is 0.494 e. The third kappa shape index (κ3) is 4.63. The fraction of sp³-hybridized carbons (Fsp3) is 0.379. The van der Waals surface area contributed by atoms with Crippen LogP contribution in [0.3, 0.4) is 0 Å². The molecular formula is C29H30N2O6. The Labute approximate surface area is 215 Å². The molecule has 192 valence electrons. The van der Waals surface area contributed by atoms with E-state index in [1.165, 1.54) is 4.90 Å². The highest BCUT2D eigenvalue weighted by Gasteiger charge is 2.49. The van der Waals surface area contributed by atoms with Gasteiger partial charge in [0.15, 0.2) is 0 Å². The Morgan fingerprint density at radius 2 is 1.65 bits per heavy atom. The molecule has 0 saturated carbocycles. The molecule has 1 aliphatic carbocycles. The van der Waals surface area contributed by atoms with Crippen molar-refractivity contribution in [3.05, 3.63) is 59.7 Å². The van der Waals surface area contributed by atoms with Gasteiger partial charge in [0.25, 0.3) is 0 Å². The lowest BCUT2D eigenvalue weighted by Crippen LogP contribution is -2.31. The average molecular weight is 503 g/mol. The molecule has 0 aromatic heterocycles. The standard InChI is InChI=1S/C29H30N2O6/c1-4-36-21-8-6-20(7-9-21)30-16-19(15-26(30)32)29(35)37-22-10-12-25(18(3)14-22)31-27(33)23-11-5-17(2)13-24(23)28(31)34/h5-10,12,14,19,23-24H,4,11,13,15-16H2,1-3H3/t19-,23+,24-/m1/s1. The zero-order valence-corrected chi connectivity index (χ0v) is 21.2. The van der Waals surface area contributed by atoms with Crippen molar-refractivity contribution in [2.45, 2.75) is 40.0 Å². The summed E-state index contributed by atoms with van der Waals surface area (Å²) >= 11 is 0. The highest BCUT2D eigenvalue weighted by atomic mass is 16.5. The van der Waals surface area contributed by atoms with Crippen molar-refractivity contribution in [2.24, 2.45) is 17.8 Å². The zero-order valence-electron chi connectivity index (χ0n) is 21.2. The van der Waals surface area contributed by atoms with Gasteiger partial charge in [-0.15, -0.1) is 0 Å². The summed E-state index contributed by atoms with van der Waals surface area (Å²) in [5, 5.41) is 0. The number of hydrogen-bond acceptors (Lipinski definition) is 6. The zero-order chi connectivity index (χ0) is 26.3. The van der Waals surface area contributed by atoms with Gasteiger partial charge >= 0.3 is 5.97 Å². The third-order valence-corrected chi connectivity index (χ3v) is 7.37. The molecule has 0 radical (unpaired) electrons. The molecule has 0 bridgehead atoms. The van der Waals surface area contributed by atoms with E-state index in [9.17, 15) is 19.2 Å². The number of hydrogen-bond donors (Lipinski definition) is 0. The van der Waals surface area contributed by atoms with E-state index in [0.29, 0.717) is 42.1 Å². The lowest BCUT2D eigenvalue weighted by atomic mass is 9.82. The van der Waals surface area contributed by atoms with Gasteiger partial charge in [0.2, 0.25) is 17.7 Å². The van der Waals surface area contributed by atoms with Crippen LogP contribution in [0.1, 0.15) is 38.7 Å². The van der Waals surface area contributed by atoms with Crippen LogP contribution in [0.4, 0.5) is 11.4 Å². The minimum atomic E-state index is -0.598. The van der Waals surface area contributed by atoms with Crippen LogP contribution >= 0.6 is 0 Å². The van der Waals surface area contributed by atoms with E-state index in [0.717, 1.165) is 11.3 Å². The van der Waals surface area contributed by atoms with Gasteiger partial charge in [-0.3, -0.25) is 19.2 Å². The highest BCUT2D eigenvalue weighted by molar-refractivity contribution is 6.22. The number of fused-ring (bicyclic) bond motifs is 1. The van der Waals surface area contributed by atoms with E-state index >= 15 is 0 Å². The topological polar surface area (TPSA) is 93.2 Å². The predicted molar refractivity (Wildman–Crippen MR) is 137 cm³/mol. The van der Waals surface area contributed by atoms with E-state index in [4.69, 9.17) is 9.47 Å². The Balaban J connectivity index is 1.25. The van der Waals surface area contributed by atoms with Crippen LogP contribution in [-0.4, -0.2) is 36.8 Å². The monoisotopic (exact) mass is 502 g/mol. The molecule has 3 amide bonds.